The lowest BCUT2D eigenvalue weighted by molar-refractivity contribution is 0.363. The molecule has 5 aromatic carbocycles. The lowest BCUT2D eigenvalue weighted by atomic mass is 9.84. The zero-order chi connectivity index (χ0) is 25.7. The first kappa shape index (κ1) is 25.2. The molecular weight excluding hydrogens is 522 g/mol. The quantitative estimate of drug-likeness (QED) is 0.144. The maximum atomic E-state index is 15.6. The van der Waals surface area contributed by atoms with E-state index in [0.29, 0.717) is 21.5 Å². The average molecular weight is 545 g/mol. The average Bonchev–Trinajstić information content (AvgIpc) is 2.94. The molecule has 0 fully saturated rings. The smallest absolute Gasteiger partial charge is 0.415 e. The summed E-state index contributed by atoms with van der Waals surface area (Å²) in [7, 11) is -4.19. The summed E-state index contributed by atoms with van der Waals surface area (Å²) in [6.07, 6.45) is 0. The lowest BCUT2D eigenvalue weighted by Crippen LogP contribution is -2.33. The summed E-state index contributed by atoms with van der Waals surface area (Å²) in [5, 5.41) is -0.238. The monoisotopic (exact) mass is 544 g/mol. The van der Waals surface area contributed by atoms with Crippen molar-refractivity contribution in [2.75, 3.05) is 0 Å². The van der Waals surface area contributed by atoms with Gasteiger partial charge in [0.2, 0.25) is 0 Å². The van der Waals surface area contributed by atoms with Gasteiger partial charge in [-0.05, 0) is 65.2 Å². The third-order valence-corrected chi connectivity index (χ3v) is 9.07. The molecule has 3 nitrogen and oxygen atoms in total. The molecule has 37 heavy (non-hydrogen) atoms. The van der Waals surface area contributed by atoms with Gasteiger partial charge < -0.3 is 9.05 Å². The van der Waals surface area contributed by atoms with Crippen LogP contribution in [0, 0.1) is 0 Å². The summed E-state index contributed by atoms with van der Waals surface area (Å²) in [6.45, 7) is 0. The molecule has 0 spiro atoms. The third-order valence-electron chi connectivity index (χ3n) is 6.06. The van der Waals surface area contributed by atoms with Gasteiger partial charge in [-0.3, -0.25) is 0 Å². The van der Waals surface area contributed by atoms with Gasteiger partial charge in [-0.1, -0.05) is 114 Å². The summed E-state index contributed by atoms with van der Waals surface area (Å²) >= 11 is 12.3. The molecule has 6 heteroatoms. The number of halogens is 2. The van der Waals surface area contributed by atoms with Crippen LogP contribution >= 0.6 is 30.8 Å². The molecule has 0 bridgehead atoms. The minimum absolute atomic E-state index is 0.369. The molecule has 0 saturated carbocycles. The summed E-state index contributed by atoms with van der Waals surface area (Å²) in [5.74, 6) is 0.739. The molecular formula is C31H23Cl2O3P. The van der Waals surface area contributed by atoms with Crippen molar-refractivity contribution in [1.29, 1.82) is 0 Å². The maximum Gasteiger partial charge on any atom is 0.450 e. The van der Waals surface area contributed by atoms with Crippen molar-refractivity contribution in [1.82, 2.24) is 0 Å². The first-order valence-corrected chi connectivity index (χ1v) is 14.0. The Bertz CT molecular complexity index is 1340. The molecule has 0 atom stereocenters. The minimum atomic E-state index is -4.19. The highest BCUT2D eigenvalue weighted by molar-refractivity contribution is 7.56. The molecule has 0 N–H and O–H groups in total. The highest BCUT2D eigenvalue weighted by Gasteiger charge is 2.58. The molecule has 0 aliphatic carbocycles. The minimum Gasteiger partial charge on any atom is -0.415 e. The summed E-state index contributed by atoms with van der Waals surface area (Å²) in [6, 6.07) is 42.5. The van der Waals surface area contributed by atoms with Crippen molar-refractivity contribution in [2.45, 2.75) is 5.16 Å². The van der Waals surface area contributed by atoms with Crippen molar-refractivity contribution >= 4 is 30.8 Å². The molecule has 184 valence electrons. The van der Waals surface area contributed by atoms with Crippen molar-refractivity contribution in [2.24, 2.45) is 0 Å². The molecule has 0 unspecified atom stereocenters. The SMILES string of the molecule is O=P(Oc1ccc(Cl)cc1)(Oc1ccc(Cl)cc1)C(c1ccccc1)(c1ccccc1)c1ccccc1. The fourth-order valence-electron chi connectivity index (χ4n) is 4.44. The Hall–Kier alpha value is -3.49. The fourth-order valence-corrected chi connectivity index (χ4v) is 7.19. The molecule has 0 aliphatic heterocycles. The van der Waals surface area contributed by atoms with Gasteiger partial charge in [-0.15, -0.1) is 0 Å². The zero-order valence-corrected chi connectivity index (χ0v) is 22.1. The number of rotatable bonds is 8. The Kier molecular flexibility index (Phi) is 7.39. The molecule has 0 saturated heterocycles. The molecule has 0 aliphatic rings. The second-order valence-corrected chi connectivity index (χ2v) is 11.3. The molecule has 5 aromatic rings. The highest BCUT2D eigenvalue weighted by atomic mass is 35.5. The maximum absolute atomic E-state index is 15.6. The Morgan fingerprint density at radius 2 is 0.757 bits per heavy atom. The van der Waals surface area contributed by atoms with Crippen molar-refractivity contribution in [3.8, 4) is 11.5 Å². The Labute approximate surface area is 226 Å². The van der Waals surface area contributed by atoms with Crippen molar-refractivity contribution in [3.05, 3.63) is 166 Å². The standard InChI is InChI=1S/C31H23Cl2O3P/c32-27-16-20-29(21-17-27)35-37(34,36-30-22-18-28(33)19-23-30)31(24-10-4-1-5-11-24,25-12-6-2-7-13-25)26-14-8-3-9-15-26/h1-23H. The van der Waals surface area contributed by atoms with Crippen LogP contribution in [0.3, 0.4) is 0 Å². The van der Waals surface area contributed by atoms with Crippen LogP contribution in [0.25, 0.3) is 0 Å². The van der Waals surface area contributed by atoms with Crippen LogP contribution < -0.4 is 9.05 Å². The van der Waals surface area contributed by atoms with Crippen LogP contribution in [0.5, 0.6) is 11.5 Å². The van der Waals surface area contributed by atoms with Crippen LogP contribution in [-0.2, 0) is 9.72 Å². The van der Waals surface area contributed by atoms with E-state index in [1.54, 1.807) is 48.5 Å². The summed E-state index contributed by atoms with van der Waals surface area (Å²) in [4.78, 5) is 0. The van der Waals surface area contributed by atoms with E-state index in [1.165, 1.54) is 0 Å². The van der Waals surface area contributed by atoms with Gasteiger partial charge >= 0.3 is 7.60 Å². The fraction of sp³-hybridized carbons (Fsp3) is 0.0323. The second-order valence-electron chi connectivity index (χ2n) is 8.40. The highest BCUT2D eigenvalue weighted by Crippen LogP contribution is 2.69. The second kappa shape index (κ2) is 10.9. The van der Waals surface area contributed by atoms with E-state index in [9.17, 15) is 0 Å². The zero-order valence-electron chi connectivity index (χ0n) is 19.7. The van der Waals surface area contributed by atoms with E-state index in [2.05, 4.69) is 0 Å². The Morgan fingerprint density at radius 3 is 1.05 bits per heavy atom. The van der Waals surface area contributed by atoms with Gasteiger partial charge in [-0.25, -0.2) is 4.57 Å². The van der Waals surface area contributed by atoms with Crippen LogP contribution in [0.1, 0.15) is 16.7 Å². The predicted molar refractivity (Wildman–Crippen MR) is 151 cm³/mol. The largest absolute Gasteiger partial charge is 0.450 e. The Morgan fingerprint density at radius 1 is 0.459 bits per heavy atom. The first-order valence-electron chi connectivity index (χ1n) is 11.7. The van der Waals surface area contributed by atoms with Gasteiger partial charge in [0.1, 0.15) is 11.5 Å². The van der Waals surface area contributed by atoms with Gasteiger partial charge in [0.05, 0.1) is 0 Å². The van der Waals surface area contributed by atoms with Crippen molar-refractivity contribution < 1.29 is 13.6 Å². The Balaban J connectivity index is 1.85. The number of hydrogen-bond acceptors (Lipinski definition) is 3. The summed E-state index contributed by atoms with van der Waals surface area (Å²) < 4.78 is 28.6. The summed E-state index contributed by atoms with van der Waals surface area (Å²) in [5.41, 5.74) is 2.29. The number of hydrogen-bond donors (Lipinski definition) is 0. The molecule has 5 rings (SSSR count). The van der Waals surface area contributed by atoms with Crippen molar-refractivity contribution in [3.63, 3.8) is 0 Å². The molecule has 0 amide bonds. The van der Waals surface area contributed by atoms with E-state index in [1.807, 2.05) is 91.0 Å². The topological polar surface area (TPSA) is 35.5 Å². The van der Waals surface area contributed by atoms with Gasteiger partial charge in [0, 0.05) is 10.0 Å². The molecule has 0 heterocycles. The van der Waals surface area contributed by atoms with E-state index >= 15 is 4.57 Å². The normalized spacial score (nSPS) is 11.6. The third kappa shape index (κ3) is 5.04. The van der Waals surface area contributed by atoms with Crippen LogP contribution in [-0.4, -0.2) is 0 Å². The number of benzene rings is 5. The lowest BCUT2D eigenvalue weighted by Gasteiger charge is -2.40. The van der Waals surface area contributed by atoms with Crippen LogP contribution in [0.15, 0.2) is 140 Å². The van der Waals surface area contributed by atoms with E-state index in [-0.39, 0.29) is 0 Å². The van der Waals surface area contributed by atoms with Crippen LogP contribution in [0.2, 0.25) is 10.0 Å². The predicted octanol–water partition coefficient (Wildman–Crippen LogP) is 9.64. The van der Waals surface area contributed by atoms with E-state index < -0.39 is 12.8 Å². The van der Waals surface area contributed by atoms with Gasteiger partial charge in [-0.2, -0.15) is 0 Å². The molecule has 0 radical (unpaired) electrons. The first-order chi connectivity index (χ1) is 18.0. The van der Waals surface area contributed by atoms with Gasteiger partial charge in [0.25, 0.3) is 0 Å². The van der Waals surface area contributed by atoms with Gasteiger partial charge in [0.15, 0.2) is 5.16 Å². The van der Waals surface area contributed by atoms with E-state index in [4.69, 9.17) is 32.2 Å². The van der Waals surface area contributed by atoms with Crippen LogP contribution in [0.4, 0.5) is 0 Å². The molecule has 0 aromatic heterocycles. The van der Waals surface area contributed by atoms with E-state index in [0.717, 1.165) is 16.7 Å².